The second kappa shape index (κ2) is 5.79. The normalized spacial score (nSPS) is 13.3. The summed E-state index contributed by atoms with van der Waals surface area (Å²) in [5.74, 6) is 0.935. The van der Waals surface area contributed by atoms with Crippen LogP contribution in [0, 0.1) is 0 Å². The minimum atomic E-state index is 0.654. The molecule has 0 bridgehead atoms. The quantitative estimate of drug-likeness (QED) is 0.746. The lowest BCUT2D eigenvalue weighted by Crippen LogP contribution is -1.96. The summed E-state index contributed by atoms with van der Waals surface area (Å²) in [4.78, 5) is 0. The minimum absolute atomic E-state index is 0.654. The molecule has 0 heterocycles. The van der Waals surface area contributed by atoms with E-state index in [1.165, 1.54) is 41.5 Å². The fourth-order valence-electron chi connectivity index (χ4n) is 2.56. The van der Waals surface area contributed by atoms with Crippen LogP contribution in [-0.4, -0.2) is 0 Å². The maximum atomic E-state index is 5.84. The van der Waals surface area contributed by atoms with Crippen LogP contribution in [0.1, 0.15) is 28.7 Å². The number of fused-ring (bicyclic) bond motifs is 1. The van der Waals surface area contributed by atoms with Crippen molar-refractivity contribution in [1.29, 1.82) is 0 Å². The third-order valence-corrected chi connectivity index (χ3v) is 4.29. The molecule has 3 rings (SSSR count). The van der Waals surface area contributed by atoms with E-state index in [9.17, 15) is 0 Å². The van der Waals surface area contributed by atoms with Crippen LogP contribution in [0.2, 0.25) is 0 Å². The molecule has 0 aromatic heterocycles. The molecule has 0 unspecified atom stereocenters. The van der Waals surface area contributed by atoms with Gasteiger partial charge in [0.15, 0.2) is 0 Å². The number of benzene rings is 2. The number of aryl methyl sites for hydroxylation is 2. The van der Waals surface area contributed by atoms with E-state index in [4.69, 9.17) is 4.74 Å². The van der Waals surface area contributed by atoms with Gasteiger partial charge in [-0.15, -0.1) is 0 Å². The highest BCUT2D eigenvalue weighted by molar-refractivity contribution is 9.08. The van der Waals surface area contributed by atoms with Gasteiger partial charge in [0.2, 0.25) is 0 Å². The van der Waals surface area contributed by atoms with Crippen molar-refractivity contribution in [3.8, 4) is 5.75 Å². The Morgan fingerprint density at radius 2 is 1.63 bits per heavy atom. The van der Waals surface area contributed by atoms with E-state index in [-0.39, 0.29) is 0 Å². The second-order valence-electron chi connectivity index (χ2n) is 5.02. The highest BCUT2D eigenvalue weighted by atomic mass is 79.9. The summed E-state index contributed by atoms with van der Waals surface area (Å²) in [5.41, 5.74) is 5.57. The Balaban J connectivity index is 1.65. The molecular weight excluding hydrogens is 300 g/mol. The SMILES string of the molecule is BrCc1ccc(OCc2ccc3c(c2)CCC3)cc1. The van der Waals surface area contributed by atoms with Crippen molar-refractivity contribution in [3.05, 3.63) is 64.7 Å². The molecule has 0 N–H and O–H groups in total. The topological polar surface area (TPSA) is 9.23 Å². The van der Waals surface area contributed by atoms with Crippen molar-refractivity contribution in [2.45, 2.75) is 31.2 Å². The van der Waals surface area contributed by atoms with Crippen LogP contribution in [0.15, 0.2) is 42.5 Å². The zero-order chi connectivity index (χ0) is 13.1. The molecule has 2 aromatic rings. The van der Waals surface area contributed by atoms with Gasteiger partial charge in [0.1, 0.15) is 12.4 Å². The van der Waals surface area contributed by atoms with Gasteiger partial charge in [-0.2, -0.15) is 0 Å². The van der Waals surface area contributed by atoms with Gasteiger partial charge in [0.05, 0.1) is 0 Å². The Hall–Kier alpha value is -1.28. The smallest absolute Gasteiger partial charge is 0.119 e. The second-order valence-corrected chi connectivity index (χ2v) is 5.58. The molecule has 98 valence electrons. The third kappa shape index (κ3) is 3.01. The van der Waals surface area contributed by atoms with Crippen LogP contribution in [0.25, 0.3) is 0 Å². The van der Waals surface area contributed by atoms with E-state index in [0.29, 0.717) is 6.61 Å². The number of ether oxygens (including phenoxy) is 1. The zero-order valence-electron chi connectivity index (χ0n) is 10.9. The molecule has 0 fully saturated rings. The first kappa shape index (κ1) is 12.7. The van der Waals surface area contributed by atoms with Crippen molar-refractivity contribution >= 4 is 15.9 Å². The maximum Gasteiger partial charge on any atom is 0.119 e. The van der Waals surface area contributed by atoms with Crippen molar-refractivity contribution < 1.29 is 4.74 Å². The summed E-state index contributed by atoms with van der Waals surface area (Å²) in [6.07, 6.45) is 3.77. The van der Waals surface area contributed by atoms with Crippen molar-refractivity contribution in [2.75, 3.05) is 0 Å². The summed E-state index contributed by atoms with van der Waals surface area (Å²) in [6.45, 7) is 0.654. The molecule has 0 saturated heterocycles. The van der Waals surface area contributed by atoms with Crippen LogP contribution in [0.4, 0.5) is 0 Å². The Morgan fingerprint density at radius 3 is 2.42 bits per heavy atom. The van der Waals surface area contributed by atoms with Crippen LogP contribution in [0.5, 0.6) is 5.75 Å². The van der Waals surface area contributed by atoms with Gasteiger partial charge in [0.25, 0.3) is 0 Å². The van der Waals surface area contributed by atoms with Crippen LogP contribution >= 0.6 is 15.9 Å². The van der Waals surface area contributed by atoms with E-state index in [2.05, 4.69) is 46.3 Å². The average Bonchev–Trinajstić information content (AvgIpc) is 2.93. The summed E-state index contributed by atoms with van der Waals surface area (Å²) in [6, 6.07) is 15.0. The monoisotopic (exact) mass is 316 g/mol. The van der Waals surface area contributed by atoms with Gasteiger partial charge < -0.3 is 4.74 Å². The highest BCUT2D eigenvalue weighted by Crippen LogP contribution is 2.23. The lowest BCUT2D eigenvalue weighted by atomic mass is 10.1. The number of hydrogen-bond donors (Lipinski definition) is 0. The Kier molecular flexibility index (Phi) is 3.88. The Bertz CT molecular complexity index is 560. The highest BCUT2D eigenvalue weighted by Gasteiger charge is 2.10. The Morgan fingerprint density at radius 1 is 0.895 bits per heavy atom. The van der Waals surface area contributed by atoms with E-state index >= 15 is 0 Å². The summed E-state index contributed by atoms with van der Waals surface area (Å²) in [5, 5.41) is 0.887. The van der Waals surface area contributed by atoms with E-state index in [1.54, 1.807) is 0 Å². The number of alkyl halides is 1. The maximum absolute atomic E-state index is 5.84. The van der Waals surface area contributed by atoms with Gasteiger partial charge in [-0.05, 0) is 53.6 Å². The predicted molar refractivity (Wildman–Crippen MR) is 81.9 cm³/mol. The van der Waals surface area contributed by atoms with Gasteiger partial charge in [-0.25, -0.2) is 0 Å². The molecule has 1 nitrogen and oxygen atoms in total. The lowest BCUT2D eigenvalue weighted by molar-refractivity contribution is 0.306. The number of hydrogen-bond acceptors (Lipinski definition) is 1. The number of halogens is 1. The van der Waals surface area contributed by atoms with Crippen molar-refractivity contribution in [3.63, 3.8) is 0 Å². The fraction of sp³-hybridized carbons (Fsp3) is 0.294. The molecule has 0 radical (unpaired) electrons. The largest absolute Gasteiger partial charge is 0.489 e. The lowest BCUT2D eigenvalue weighted by Gasteiger charge is -2.08. The van der Waals surface area contributed by atoms with Crippen molar-refractivity contribution in [1.82, 2.24) is 0 Å². The molecule has 1 aliphatic carbocycles. The summed E-state index contributed by atoms with van der Waals surface area (Å²) in [7, 11) is 0. The first-order valence-corrected chi connectivity index (χ1v) is 7.86. The Labute approximate surface area is 122 Å². The molecule has 2 aromatic carbocycles. The molecule has 19 heavy (non-hydrogen) atoms. The number of rotatable bonds is 4. The predicted octanol–water partition coefficient (Wildman–Crippen LogP) is 4.65. The molecule has 1 aliphatic rings. The molecule has 0 spiro atoms. The van der Waals surface area contributed by atoms with Gasteiger partial charge in [-0.3, -0.25) is 0 Å². The van der Waals surface area contributed by atoms with Gasteiger partial charge >= 0.3 is 0 Å². The molecule has 2 heteroatoms. The van der Waals surface area contributed by atoms with Crippen molar-refractivity contribution in [2.24, 2.45) is 0 Å². The molecule has 0 aliphatic heterocycles. The summed E-state index contributed by atoms with van der Waals surface area (Å²) >= 11 is 3.45. The molecular formula is C17H17BrO. The van der Waals surface area contributed by atoms with Gasteiger partial charge in [0, 0.05) is 5.33 Å². The zero-order valence-corrected chi connectivity index (χ0v) is 12.4. The first-order chi connectivity index (χ1) is 9.35. The van der Waals surface area contributed by atoms with E-state index in [1.807, 2.05) is 12.1 Å². The van der Waals surface area contributed by atoms with Crippen LogP contribution in [-0.2, 0) is 24.8 Å². The van der Waals surface area contributed by atoms with Crippen LogP contribution in [0.3, 0.4) is 0 Å². The fourth-order valence-corrected chi connectivity index (χ4v) is 2.93. The third-order valence-electron chi connectivity index (χ3n) is 3.65. The standard InChI is InChI=1S/C17H17BrO/c18-11-13-5-8-17(9-6-13)19-12-14-4-7-15-2-1-3-16(15)10-14/h4-10H,1-3,11-12H2. The molecule has 0 saturated carbocycles. The molecule has 0 amide bonds. The minimum Gasteiger partial charge on any atom is -0.489 e. The van der Waals surface area contributed by atoms with Gasteiger partial charge in [-0.1, -0.05) is 46.3 Å². The van der Waals surface area contributed by atoms with E-state index in [0.717, 1.165) is 11.1 Å². The molecule has 0 atom stereocenters. The summed E-state index contributed by atoms with van der Waals surface area (Å²) < 4.78 is 5.84. The first-order valence-electron chi connectivity index (χ1n) is 6.73. The van der Waals surface area contributed by atoms with E-state index < -0.39 is 0 Å². The average molecular weight is 317 g/mol. The van der Waals surface area contributed by atoms with Crippen LogP contribution < -0.4 is 4.74 Å².